The Kier molecular flexibility index (Phi) is 7.81. The first kappa shape index (κ1) is 20.9. The molecular weight excluding hydrogens is 316 g/mol. The Morgan fingerprint density at radius 3 is 2.08 bits per heavy atom. The van der Waals surface area contributed by atoms with Crippen LogP contribution < -0.4 is 5.32 Å². The molecule has 5 nitrogen and oxygen atoms in total. The molecule has 0 aliphatic heterocycles. The van der Waals surface area contributed by atoms with Gasteiger partial charge in [-0.3, -0.25) is 14.4 Å². The smallest absolute Gasteiger partial charge is 0.240 e. The fraction of sp³-hybridized carbons (Fsp3) is 0.550. The van der Waals surface area contributed by atoms with Crippen molar-refractivity contribution in [2.24, 2.45) is 0 Å². The molecule has 1 N–H and O–H groups in total. The summed E-state index contributed by atoms with van der Waals surface area (Å²) >= 11 is 0. The van der Waals surface area contributed by atoms with Crippen LogP contribution in [0.15, 0.2) is 24.3 Å². The second-order valence-corrected chi connectivity index (χ2v) is 7.18. The minimum atomic E-state index is -0.333. The fourth-order valence-corrected chi connectivity index (χ4v) is 2.46. The summed E-state index contributed by atoms with van der Waals surface area (Å²) in [5.74, 6) is -0.416. The molecule has 0 saturated carbocycles. The maximum Gasteiger partial charge on any atom is 0.240 e. The summed E-state index contributed by atoms with van der Waals surface area (Å²) in [7, 11) is 0. The van der Waals surface area contributed by atoms with Gasteiger partial charge in [-0.1, -0.05) is 31.2 Å². The van der Waals surface area contributed by atoms with Gasteiger partial charge >= 0.3 is 0 Å². The van der Waals surface area contributed by atoms with Gasteiger partial charge in [0.25, 0.3) is 0 Å². The van der Waals surface area contributed by atoms with E-state index < -0.39 is 0 Å². The number of carbonyl (C=O) groups is 3. The van der Waals surface area contributed by atoms with Crippen molar-refractivity contribution < 1.29 is 14.4 Å². The van der Waals surface area contributed by atoms with Gasteiger partial charge in [0.1, 0.15) is 0 Å². The quantitative estimate of drug-likeness (QED) is 0.736. The van der Waals surface area contributed by atoms with Gasteiger partial charge in [0.15, 0.2) is 5.78 Å². The van der Waals surface area contributed by atoms with Crippen molar-refractivity contribution in [2.75, 3.05) is 13.1 Å². The van der Waals surface area contributed by atoms with Gasteiger partial charge in [-0.05, 0) is 39.7 Å². The molecule has 0 unspecified atom stereocenters. The maximum atomic E-state index is 12.3. The van der Waals surface area contributed by atoms with Gasteiger partial charge in [-0.2, -0.15) is 0 Å². The number of nitrogens with zero attached hydrogens (tertiary/aromatic N) is 1. The van der Waals surface area contributed by atoms with Gasteiger partial charge in [0, 0.05) is 30.5 Å². The van der Waals surface area contributed by atoms with Crippen molar-refractivity contribution >= 4 is 17.6 Å². The molecule has 138 valence electrons. The lowest BCUT2D eigenvalue weighted by Gasteiger charge is -2.25. The Morgan fingerprint density at radius 2 is 1.60 bits per heavy atom. The number of rotatable bonds is 8. The molecule has 1 rings (SSSR count). The average Bonchev–Trinajstić information content (AvgIpc) is 2.55. The molecule has 1 aromatic carbocycles. The lowest BCUT2D eigenvalue weighted by atomic mass is 10.0. The van der Waals surface area contributed by atoms with E-state index in [0.717, 1.165) is 6.42 Å². The van der Waals surface area contributed by atoms with E-state index in [1.165, 1.54) is 10.5 Å². The summed E-state index contributed by atoms with van der Waals surface area (Å²) in [4.78, 5) is 38.0. The van der Waals surface area contributed by atoms with E-state index in [1.807, 2.05) is 39.8 Å². The number of carbonyl (C=O) groups excluding carboxylic acids is 3. The molecule has 0 atom stereocenters. The number of amides is 2. The van der Waals surface area contributed by atoms with Crippen LogP contribution in [-0.4, -0.2) is 41.1 Å². The van der Waals surface area contributed by atoms with Gasteiger partial charge in [-0.25, -0.2) is 0 Å². The molecule has 0 bridgehead atoms. The highest BCUT2D eigenvalue weighted by Gasteiger charge is 2.20. The molecule has 0 radical (unpaired) electrons. The van der Waals surface area contributed by atoms with Crippen molar-refractivity contribution in [1.82, 2.24) is 10.2 Å². The van der Waals surface area contributed by atoms with Crippen LogP contribution in [0.5, 0.6) is 0 Å². The number of likely N-dealkylation sites (N-methyl/N-ethyl adjacent to an activating group) is 1. The summed E-state index contributed by atoms with van der Waals surface area (Å²) < 4.78 is 0. The van der Waals surface area contributed by atoms with Crippen molar-refractivity contribution in [3.05, 3.63) is 35.4 Å². The molecule has 5 heteroatoms. The van der Waals surface area contributed by atoms with Crippen LogP contribution in [0.4, 0.5) is 0 Å². The first-order chi connectivity index (χ1) is 11.7. The van der Waals surface area contributed by atoms with E-state index in [2.05, 4.69) is 12.2 Å². The fourth-order valence-electron chi connectivity index (χ4n) is 2.46. The maximum absolute atomic E-state index is 12.3. The molecular formula is C20H30N2O3. The lowest BCUT2D eigenvalue weighted by molar-refractivity contribution is -0.136. The van der Waals surface area contributed by atoms with Crippen LogP contribution in [-0.2, 0) is 16.0 Å². The Hall–Kier alpha value is -2.17. The second-order valence-electron chi connectivity index (χ2n) is 7.18. The largest absolute Gasteiger partial charge is 0.350 e. The molecule has 1 aromatic rings. The third-order valence-corrected chi connectivity index (χ3v) is 3.83. The van der Waals surface area contributed by atoms with Crippen LogP contribution >= 0.6 is 0 Å². The van der Waals surface area contributed by atoms with Gasteiger partial charge in [0.2, 0.25) is 11.8 Å². The number of Topliss-reactive ketones (excluding diaryl/α,β-unsaturated/α-hetero) is 1. The van der Waals surface area contributed by atoms with Crippen LogP contribution in [0.3, 0.4) is 0 Å². The summed E-state index contributed by atoms with van der Waals surface area (Å²) in [6, 6.07) is 7.48. The second kappa shape index (κ2) is 9.35. The predicted octanol–water partition coefficient (Wildman–Crippen LogP) is 2.98. The number of benzene rings is 1. The Labute approximate surface area is 150 Å². The van der Waals surface area contributed by atoms with Crippen molar-refractivity contribution in [3.63, 3.8) is 0 Å². The highest BCUT2D eigenvalue weighted by Crippen LogP contribution is 2.10. The van der Waals surface area contributed by atoms with Crippen molar-refractivity contribution in [2.45, 2.75) is 59.4 Å². The zero-order valence-corrected chi connectivity index (χ0v) is 16.0. The predicted molar refractivity (Wildman–Crippen MR) is 99.5 cm³/mol. The molecule has 0 aliphatic rings. The van der Waals surface area contributed by atoms with E-state index >= 15 is 0 Å². The highest BCUT2D eigenvalue weighted by molar-refractivity contribution is 5.98. The van der Waals surface area contributed by atoms with Crippen LogP contribution in [0.2, 0.25) is 0 Å². The molecule has 2 amide bonds. The Balaban J connectivity index is 2.54. The third kappa shape index (κ3) is 7.50. The SMILES string of the molecule is CCc1ccc(C(=O)CCC(=O)N(CC)CC(=O)NC(C)(C)C)cc1. The third-order valence-electron chi connectivity index (χ3n) is 3.83. The van der Waals surface area contributed by atoms with E-state index in [9.17, 15) is 14.4 Å². The van der Waals surface area contributed by atoms with E-state index in [1.54, 1.807) is 12.1 Å². The lowest BCUT2D eigenvalue weighted by Crippen LogP contribution is -2.47. The number of hydrogen-bond donors (Lipinski definition) is 1. The monoisotopic (exact) mass is 346 g/mol. The average molecular weight is 346 g/mol. The van der Waals surface area contributed by atoms with Crippen LogP contribution in [0.25, 0.3) is 0 Å². The van der Waals surface area contributed by atoms with E-state index in [-0.39, 0.29) is 42.5 Å². The summed E-state index contributed by atoms with van der Waals surface area (Å²) in [6.45, 7) is 10.0. The van der Waals surface area contributed by atoms with E-state index in [0.29, 0.717) is 12.1 Å². The normalized spacial score (nSPS) is 11.1. The summed E-state index contributed by atoms with van der Waals surface area (Å²) in [5.41, 5.74) is 1.47. The molecule has 0 aliphatic carbocycles. The topological polar surface area (TPSA) is 66.5 Å². The number of ketones is 1. The zero-order valence-electron chi connectivity index (χ0n) is 16.0. The summed E-state index contributed by atoms with van der Waals surface area (Å²) in [6.07, 6.45) is 1.20. The molecule has 0 saturated heterocycles. The first-order valence-electron chi connectivity index (χ1n) is 8.87. The number of aryl methyl sites for hydroxylation is 1. The number of hydrogen-bond acceptors (Lipinski definition) is 3. The minimum absolute atomic E-state index is 0.0198. The Bertz CT molecular complexity index is 600. The van der Waals surface area contributed by atoms with Crippen LogP contribution in [0.1, 0.15) is 63.4 Å². The zero-order chi connectivity index (χ0) is 19.0. The molecule has 25 heavy (non-hydrogen) atoms. The molecule has 0 fully saturated rings. The highest BCUT2D eigenvalue weighted by atomic mass is 16.2. The molecule has 0 spiro atoms. The Morgan fingerprint density at radius 1 is 1.00 bits per heavy atom. The van der Waals surface area contributed by atoms with Crippen LogP contribution in [0, 0.1) is 0 Å². The minimum Gasteiger partial charge on any atom is -0.350 e. The van der Waals surface area contributed by atoms with Gasteiger partial charge in [0.05, 0.1) is 6.54 Å². The van der Waals surface area contributed by atoms with Crippen molar-refractivity contribution in [1.29, 1.82) is 0 Å². The van der Waals surface area contributed by atoms with Gasteiger partial charge in [-0.15, -0.1) is 0 Å². The standard InChI is InChI=1S/C20H30N2O3/c1-6-15-8-10-16(11-9-15)17(23)12-13-19(25)22(7-2)14-18(24)21-20(3,4)5/h8-11H,6-7,12-14H2,1-5H3,(H,21,24). The van der Waals surface area contributed by atoms with E-state index in [4.69, 9.17) is 0 Å². The molecule has 0 heterocycles. The molecule has 0 aromatic heterocycles. The number of nitrogens with one attached hydrogen (secondary N) is 1. The van der Waals surface area contributed by atoms with Crippen molar-refractivity contribution in [3.8, 4) is 0 Å². The summed E-state index contributed by atoms with van der Waals surface area (Å²) in [5, 5.41) is 2.84. The first-order valence-corrected chi connectivity index (χ1v) is 8.87. The van der Waals surface area contributed by atoms with Gasteiger partial charge < -0.3 is 10.2 Å².